The Balaban J connectivity index is 0.000000640. The molecule has 8 heteroatoms. The van der Waals surface area contributed by atoms with Crippen molar-refractivity contribution in [3.8, 4) is 0 Å². The normalized spacial score (nSPS) is 13.6. The van der Waals surface area contributed by atoms with Crippen LogP contribution in [0.5, 0.6) is 0 Å². The van der Waals surface area contributed by atoms with E-state index in [1.807, 2.05) is 0 Å². The van der Waals surface area contributed by atoms with Gasteiger partial charge in [0, 0.05) is 0 Å². The molecule has 0 saturated heterocycles. The summed E-state index contributed by atoms with van der Waals surface area (Å²) in [5.41, 5.74) is 0. The van der Waals surface area contributed by atoms with Crippen LogP contribution in [0.1, 0.15) is 0 Å². The Bertz CT molecular complexity index is 165. The van der Waals surface area contributed by atoms with Gasteiger partial charge in [-0.1, -0.05) is 0 Å². The molecule has 0 spiro atoms. The van der Waals surface area contributed by atoms with Gasteiger partial charge in [0.15, 0.2) is 0 Å². The number of hydrogen-bond acceptors (Lipinski definition) is 4. The molecule has 0 aromatic rings. The van der Waals surface area contributed by atoms with Gasteiger partial charge in [-0.25, -0.2) is 0 Å². The van der Waals surface area contributed by atoms with Crippen molar-refractivity contribution in [1.82, 2.24) is 0 Å². The molecule has 0 radical (unpaired) electrons. The summed E-state index contributed by atoms with van der Waals surface area (Å²) in [4.78, 5) is -0.764. The fourth-order valence-corrected chi connectivity index (χ4v) is 0.213. The zero-order chi connectivity index (χ0) is 5.98. The third kappa shape index (κ3) is 1.88. The molecule has 1 heterocycles. The van der Waals surface area contributed by atoms with E-state index in [9.17, 15) is 10.4 Å². The third-order valence-corrected chi connectivity index (χ3v) is 0.472. The van der Waals surface area contributed by atoms with Crippen LogP contribution in [0, 0.1) is 10.4 Å². The van der Waals surface area contributed by atoms with Crippen LogP contribution in [0.15, 0.2) is 20.7 Å². The number of nitrogens with zero attached hydrogens (tertiary/aromatic N) is 5. The second-order valence-corrected chi connectivity index (χ2v) is 0.936. The molecule has 0 bridgehead atoms. The van der Waals surface area contributed by atoms with Crippen LogP contribution in [0.2, 0.25) is 0 Å². The SMILES string of the molecule is [Ag+].[O-][N+]([O-])=C1N=NN=N1. The monoisotopic (exact) mass is 221 g/mol. The predicted octanol–water partition coefficient (Wildman–Crippen LogP) is 0.181. The molecule has 1 aliphatic rings. The van der Waals surface area contributed by atoms with E-state index < -0.39 is 10.9 Å². The van der Waals surface area contributed by atoms with Crippen LogP contribution in [-0.4, -0.2) is 10.9 Å². The molecular formula is CAgN5O2. The quantitative estimate of drug-likeness (QED) is 0.331. The summed E-state index contributed by atoms with van der Waals surface area (Å²) in [6, 6.07) is 0. The molecule has 0 aromatic heterocycles. The molecule has 0 N–H and O–H groups in total. The molecule has 52 valence electrons. The standard InChI is InChI=1S/CN5O2.Ag/c7-6(8)1-2-4-5-3-1;/q-1;+1. The van der Waals surface area contributed by atoms with E-state index in [1.54, 1.807) is 0 Å². The zero-order valence-corrected chi connectivity index (χ0v) is 5.34. The van der Waals surface area contributed by atoms with Crippen LogP contribution in [0.25, 0.3) is 0 Å². The Morgan fingerprint density at radius 3 is 1.78 bits per heavy atom. The van der Waals surface area contributed by atoms with Crippen molar-refractivity contribution < 1.29 is 27.3 Å². The van der Waals surface area contributed by atoms with E-state index in [4.69, 9.17) is 0 Å². The van der Waals surface area contributed by atoms with Crippen molar-refractivity contribution in [2.24, 2.45) is 20.7 Å². The van der Waals surface area contributed by atoms with Gasteiger partial charge in [0.25, 0.3) is 0 Å². The summed E-state index contributed by atoms with van der Waals surface area (Å²) in [7, 11) is 0. The van der Waals surface area contributed by atoms with E-state index in [-0.39, 0.29) is 22.4 Å². The topological polar surface area (TPSA) is 98.6 Å². The minimum absolute atomic E-state index is 0. The molecule has 0 aromatic carbocycles. The second-order valence-electron chi connectivity index (χ2n) is 0.936. The summed E-state index contributed by atoms with van der Waals surface area (Å²) < 4.78 is 0. The summed E-state index contributed by atoms with van der Waals surface area (Å²) >= 11 is 0. The summed E-state index contributed by atoms with van der Waals surface area (Å²) in [5.74, 6) is -0.565. The van der Waals surface area contributed by atoms with Crippen molar-refractivity contribution in [2.75, 3.05) is 0 Å². The molecule has 0 amide bonds. The molecule has 0 unspecified atom stereocenters. The van der Waals surface area contributed by atoms with E-state index in [1.165, 1.54) is 0 Å². The molecule has 9 heavy (non-hydrogen) atoms. The van der Waals surface area contributed by atoms with Gasteiger partial charge in [0.2, 0.25) is 0 Å². The van der Waals surface area contributed by atoms with Crippen molar-refractivity contribution in [3.05, 3.63) is 10.4 Å². The summed E-state index contributed by atoms with van der Waals surface area (Å²) in [6.07, 6.45) is 0. The van der Waals surface area contributed by atoms with Gasteiger partial charge < -0.3 is 10.4 Å². The van der Waals surface area contributed by atoms with Crippen LogP contribution in [0.4, 0.5) is 0 Å². The Labute approximate surface area is 64.8 Å². The average Bonchev–Trinajstić information content (AvgIpc) is 2.12. The van der Waals surface area contributed by atoms with Gasteiger partial charge in [0.05, 0.1) is 20.7 Å². The molecule has 0 fully saturated rings. The fraction of sp³-hybridized carbons (Fsp3) is 0. The first-order valence-electron chi connectivity index (χ1n) is 1.64. The van der Waals surface area contributed by atoms with Gasteiger partial charge in [-0.3, -0.25) is 4.90 Å². The summed E-state index contributed by atoms with van der Waals surface area (Å²) in [6.45, 7) is 0. The van der Waals surface area contributed by atoms with Gasteiger partial charge >= 0.3 is 28.3 Å². The Hall–Kier alpha value is -0.790. The van der Waals surface area contributed by atoms with Gasteiger partial charge in [0.1, 0.15) is 0 Å². The van der Waals surface area contributed by atoms with Gasteiger partial charge in [-0.2, -0.15) is 0 Å². The van der Waals surface area contributed by atoms with Crippen LogP contribution >= 0.6 is 0 Å². The minimum Gasteiger partial charge on any atom is -0.744 e. The van der Waals surface area contributed by atoms with Crippen molar-refractivity contribution in [1.29, 1.82) is 0 Å². The van der Waals surface area contributed by atoms with Crippen molar-refractivity contribution >= 4 is 5.96 Å². The maximum Gasteiger partial charge on any atom is 1.00 e. The van der Waals surface area contributed by atoms with Gasteiger partial charge in [-0.05, 0) is 0 Å². The second kappa shape index (κ2) is 3.28. The minimum atomic E-state index is -0.764. The number of rotatable bonds is 0. The molecule has 1 aliphatic heterocycles. The third-order valence-electron chi connectivity index (χ3n) is 0.472. The maximum atomic E-state index is 9.66. The first-order valence-corrected chi connectivity index (χ1v) is 1.64. The van der Waals surface area contributed by atoms with Gasteiger partial charge in [-0.15, -0.1) is 0 Å². The van der Waals surface area contributed by atoms with Crippen LogP contribution in [0.3, 0.4) is 0 Å². The molecule has 0 aliphatic carbocycles. The first kappa shape index (κ1) is 8.21. The van der Waals surface area contributed by atoms with E-state index in [0.717, 1.165) is 0 Å². The molecule has 1 rings (SSSR count). The molecule has 7 nitrogen and oxygen atoms in total. The smallest absolute Gasteiger partial charge is 0.744 e. The van der Waals surface area contributed by atoms with E-state index >= 15 is 0 Å². The average molecular weight is 222 g/mol. The molecule has 0 saturated carbocycles. The fourth-order valence-electron chi connectivity index (χ4n) is 0.213. The van der Waals surface area contributed by atoms with E-state index in [0.29, 0.717) is 0 Å². The van der Waals surface area contributed by atoms with E-state index in [2.05, 4.69) is 20.7 Å². The number of guanidine groups is 1. The maximum absolute atomic E-state index is 9.66. The molecular weight excluding hydrogens is 222 g/mol. The Morgan fingerprint density at radius 1 is 1.11 bits per heavy atom. The van der Waals surface area contributed by atoms with Crippen LogP contribution in [-0.2, 0) is 22.4 Å². The Kier molecular flexibility index (Phi) is 2.99. The predicted molar refractivity (Wildman–Crippen MR) is 21.7 cm³/mol. The summed E-state index contributed by atoms with van der Waals surface area (Å²) in [5, 5.41) is 31.0. The first-order chi connectivity index (χ1) is 3.80. The number of hydrogen-bond donors (Lipinski definition) is 0. The molecule has 0 atom stereocenters. The van der Waals surface area contributed by atoms with Crippen molar-refractivity contribution in [2.45, 2.75) is 0 Å². The zero-order valence-electron chi connectivity index (χ0n) is 3.85. The van der Waals surface area contributed by atoms with Crippen LogP contribution < -0.4 is 0 Å². The largest absolute Gasteiger partial charge is 1.00 e. The van der Waals surface area contributed by atoms with Crippen molar-refractivity contribution in [3.63, 3.8) is 0 Å². The Morgan fingerprint density at radius 2 is 1.56 bits per heavy atom.